The Morgan fingerprint density at radius 3 is 2.47 bits per heavy atom. The van der Waals surface area contributed by atoms with Crippen molar-refractivity contribution in [2.75, 3.05) is 19.5 Å². The number of carbonyl (C=O) groups excluding carboxylic acids is 3. The van der Waals surface area contributed by atoms with E-state index in [0.29, 0.717) is 22.7 Å². The molecule has 0 spiro atoms. The summed E-state index contributed by atoms with van der Waals surface area (Å²) in [6.07, 6.45) is 6.31. The van der Waals surface area contributed by atoms with E-state index in [-0.39, 0.29) is 12.0 Å². The predicted octanol–water partition coefficient (Wildman–Crippen LogP) is 2.60. The second-order valence-corrected chi connectivity index (χ2v) is 7.58. The van der Waals surface area contributed by atoms with Gasteiger partial charge in [0.05, 0.1) is 14.2 Å². The van der Waals surface area contributed by atoms with Crippen LogP contribution in [0.15, 0.2) is 73.1 Å². The molecule has 0 aliphatic rings. The van der Waals surface area contributed by atoms with Crippen molar-refractivity contribution in [3.05, 3.63) is 89.8 Å². The third-order valence-electron chi connectivity index (χ3n) is 5.16. The van der Waals surface area contributed by atoms with E-state index in [1.54, 1.807) is 61.4 Å². The molecule has 2 aromatic carbocycles. The largest absolute Gasteiger partial charge is 0.497 e. The zero-order valence-electron chi connectivity index (χ0n) is 19.7. The van der Waals surface area contributed by atoms with Gasteiger partial charge in [-0.3, -0.25) is 24.6 Å². The molecule has 1 aromatic heterocycles. The van der Waals surface area contributed by atoms with Crippen LogP contribution in [0.5, 0.6) is 11.5 Å². The van der Waals surface area contributed by atoms with Gasteiger partial charge in [-0.1, -0.05) is 6.07 Å². The minimum Gasteiger partial charge on any atom is -0.497 e. The van der Waals surface area contributed by atoms with E-state index in [4.69, 9.17) is 14.7 Å². The third-order valence-corrected chi connectivity index (χ3v) is 5.16. The normalized spacial score (nSPS) is 11.4. The lowest BCUT2D eigenvalue weighted by molar-refractivity contribution is -0.123. The highest BCUT2D eigenvalue weighted by atomic mass is 16.5. The highest BCUT2D eigenvalue weighted by Crippen LogP contribution is 2.25. The van der Waals surface area contributed by atoms with Crippen molar-refractivity contribution in [1.82, 2.24) is 15.8 Å². The van der Waals surface area contributed by atoms with Crippen molar-refractivity contribution in [1.29, 1.82) is 0 Å². The van der Waals surface area contributed by atoms with Crippen molar-refractivity contribution in [3.8, 4) is 11.5 Å². The standard InChI is InChI=1S/C26H26N4O6/c1-35-21-10-11-23(36-2)19(15-21)7-12-24(31)29-22(14-17-4-3-13-27-16-17)26(33)28-20-8-5-18(6-9-20)25(32)30-34/h3-13,15-16,22,34H,14H2,1-2H3,(H,28,33)(H,29,31)(H,30,32)/b12-7+/t22-/m0/s1. The van der Waals surface area contributed by atoms with E-state index in [0.717, 1.165) is 5.56 Å². The molecule has 10 heteroatoms. The Kier molecular flexibility index (Phi) is 9.12. The van der Waals surface area contributed by atoms with Crippen LogP contribution in [0.4, 0.5) is 5.69 Å². The molecule has 1 atom stereocenters. The molecule has 3 aromatic rings. The minimum atomic E-state index is -0.918. The number of benzene rings is 2. The fraction of sp³-hybridized carbons (Fsp3) is 0.154. The summed E-state index contributed by atoms with van der Waals surface area (Å²) in [7, 11) is 3.06. The Morgan fingerprint density at radius 2 is 1.83 bits per heavy atom. The first-order valence-corrected chi connectivity index (χ1v) is 10.9. The highest BCUT2D eigenvalue weighted by molar-refractivity contribution is 6.01. The van der Waals surface area contributed by atoms with Gasteiger partial charge in [-0.25, -0.2) is 5.48 Å². The second kappa shape index (κ2) is 12.7. The summed E-state index contributed by atoms with van der Waals surface area (Å²) in [5.41, 5.74) is 3.56. The van der Waals surface area contributed by atoms with Crippen LogP contribution in [0.3, 0.4) is 0 Å². The van der Waals surface area contributed by atoms with E-state index in [1.165, 1.54) is 37.5 Å². The summed E-state index contributed by atoms with van der Waals surface area (Å²) in [5.74, 6) is -0.457. The number of anilines is 1. The Labute approximate surface area is 207 Å². The number of methoxy groups -OCH3 is 2. The molecule has 1 heterocycles. The first-order chi connectivity index (χ1) is 17.4. The monoisotopic (exact) mass is 490 g/mol. The summed E-state index contributed by atoms with van der Waals surface area (Å²) in [5, 5.41) is 14.2. The molecule has 186 valence electrons. The number of aromatic nitrogens is 1. The quantitative estimate of drug-likeness (QED) is 0.195. The zero-order valence-corrected chi connectivity index (χ0v) is 19.7. The lowest BCUT2D eigenvalue weighted by atomic mass is 10.1. The Bertz CT molecular complexity index is 1230. The van der Waals surface area contributed by atoms with Crippen LogP contribution in [0.25, 0.3) is 6.08 Å². The van der Waals surface area contributed by atoms with Crippen molar-refractivity contribution < 1.29 is 29.1 Å². The lowest BCUT2D eigenvalue weighted by Gasteiger charge is -2.18. The van der Waals surface area contributed by atoms with Gasteiger partial charge in [0, 0.05) is 41.7 Å². The highest BCUT2D eigenvalue weighted by Gasteiger charge is 2.21. The van der Waals surface area contributed by atoms with Gasteiger partial charge in [0.2, 0.25) is 11.8 Å². The number of amides is 3. The minimum absolute atomic E-state index is 0.201. The molecule has 3 amide bonds. The smallest absolute Gasteiger partial charge is 0.274 e. The van der Waals surface area contributed by atoms with Gasteiger partial charge in [0.25, 0.3) is 5.91 Å². The maximum Gasteiger partial charge on any atom is 0.274 e. The molecule has 0 fully saturated rings. The van der Waals surface area contributed by atoms with Gasteiger partial charge in [0.15, 0.2) is 0 Å². The van der Waals surface area contributed by atoms with Gasteiger partial charge in [-0.05, 0) is 60.2 Å². The van der Waals surface area contributed by atoms with Crippen molar-refractivity contribution in [2.45, 2.75) is 12.5 Å². The molecule has 0 unspecified atom stereocenters. The third kappa shape index (κ3) is 7.15. The number of hydrogen-bond donors (Lipinski definition) is 4. The number of carbonyl (C=O) groups is 3. The number of hydrogen-bond acceptors (Lipinski definition) is 7. The van der Waals surface area contributed by atoms with E-state index in [2.05, 4.69) is 15.6 Å². The average molecular weight is 491 g/mol. The van der Waals surface area contributed by atoms with Crippen molar-refractivity contribution in [3.63, 3.8) is 0 Å². The topological polar surface area (TPSA) is 139 Å². The molecule has 0 saturated heterocycles. The average Bonchev–Trinajstić information content (AvgIpc) is 2.91. The van der Waals surface area contributed by atoms with Crippen LogP contribution < -0.4 is 25.6 Å². The fourth-order valence-electron chi connectivity index (χ4n) is 3.32. The maximum absolute atomic E-state index is 13.1. The Morgan fingerprint density at radius 1 is 1.06 bits per heavy atom. The Balaban J connectivity index is 1.76. The molecule has 4 N–H and O–H groups in total. The molecule has 36 heavy (non-hydrogen) atoms. The van der Waals surface area contributed by atoms with E-state index in [1.807, 2.05) is 0 Å². The van der Waals surface area contributed by atoms with Crippen LogP contribution >= 0.6 is 0 Å². The number of ether oxygens (including phenoxy) is 2. The number of nitrogens with zero attached hydrogens (tertiary/aromatic N) is 1. The summed E-state index contributed by atoms with van der Waals surface area (Å²) >= 11 is 0. The summed E-state index contributed by atoms with van der Waals surface area (Å²) in [4.78, 5) is 41.4. The van der Waals surface area contributed by atoms with Gasteiger partial charge >= 0.3 is 0 Å². The molecule has 10 nitrogen and oxygen atoms in total. The predicted molar refractivity (Wildman–Crippen MR) is 133 cm³/mol. The van der Waals surface area contributed by atoms with E-state index < -0.39 is 23.8 Å². The number of rotatable bonds is 10. The van der Waals surface area contributed by atoms with Crippen LogP contribution in [-0.4, -0.2) is 48.2 Å². The zero-order chi connectivity index (χ0) is 25.9. The lowest BCUT2D eigenvalue weighted by Crippen LogP contribution is -2.44. The van der Waals surface area contributed by atoms with Crippen LogP contribution in [0.2, 0.25) is 0 Å². The van der Waals surface area contributed by atoms with Crippen LogP contribution in [0.1, 0.15) is 21.5 Å². The molecule has 0 aliphatic carbocycles. The van der Waals surface area contributed by atoms with Crippen LogP contribution in [0, 0.1) is 0 Å². The SMILES string of the molecule is COc1ccc(OC)c(/C=C/C(=O)N[C@@H](Cc2cccnc2)C(=O)Nc2ccc(C(=O)NO)cc2)c1. The van der Waals surface area contributed by atoms with Gasteiger partial charge in [0.1, 0.15) is 17.5 Å². The second-order valence-electron chi connectivity index (χ2n) is 7.58. The molecule has 0 aliphatic heterocycles. The van der Waals surface area contributed by atoms with Crippen molar-refractivity contribution >= 4 is 29.5 Å². The molecular weight excluding hydrogens is 464 g/mol. The van der Waals surface area contributed by atoms with E-state index >= 15 is 0 Å². The van der Waals surface area contributed by atoms with E-state index in [9.17, 15) is 14.4 Å². The number of hydroxylamine groups is 1. The van der Waals surface area contributed by atoms with Gasteiger partial charge < -0.3 is 20.1 Å². The number of nitrogens with one attached hydrogen (secondary N) is 3. The molecule has 0 bridgehead atoms. The fourth-order valence-corrected chi connectivity index (χ4v) is 3.32. The molecular formula is C26H26N4O6. The summed E-state index contributed by atoms with van der Waals surface area (Å²) in [6, 6.07) is 13.7. The van der Waals surface area contributed by atoms with Crippen molar-refractivity contribution in [2.24, 2.45) is 0 Å². The molecule has 0 saturated carbocycles. The molecule has 3 rings (SSSR count). The summed E-state index contributed by atoms with van der Waals surface area (Å²) in [6.45, 7) is 0. The number of pyridine rings is 1. The maximum atomic E-state index is 13.1. The first-order valence-electron chi connectivity index (χ1n) is 10.9. The molecule has 0 radical (unpaired) electrons. The van der Waals surface area contributed by atoms with Gasteiger partial charge in [-0.2, -0.15) is 0 Å². The summed E-state index contributed by atoms with van der Waals surface area (Å²) < 4.78 is 10.5. The van der Waals surface area contributed by atoms with Crippen LogP contribution in [-0.2, 0) is 16.0 Å². The first kappa shape index (κ1) is 25.9. The Hall–Kier alpha value is -4.70. The van der Waals surface area contributed by atoms with Gasteiger partial charge in [-0.15, -0.1) is 0 Å².